The maximum Gasteiger partial charge on any atom is 0.293 e. The van der Waals surface area contributed by atoms with Gasteiger partial charge in [-0.1, -0.05) is 0 Å². The molecule has 7 heteroatoms. The van der Waals surface area contributed by atoms with E-state index in [1.807, 2.05) is 0 Å². The molecule has 2 rings (SSSR count). The number of hydrogen-bond donors (Lipinski definition) is 0. The summed E-state index contributed by atoms with van der Waals surface area (Å²) in [4.78, 5) is 25.7. The minimum absolute atomic E-state index is 0.0277. The van der Waals surface area contributed by atoms with Gasteiger partial charge in [0.2, 0.25) is 5.91 Å². The van der Waals surface area contributed by atoms with Gasteiger partial charge in [-0.3, -0.25) is 9.59 Å². The Morgan fingerprint density at radius 1 is 1.52 bits per heavy atom. The Morgan fingerprint density at radius 2 is 2.33 bits per heavy atom. The first-order chi connectivity index (χ1) is 10.1. The van der Waals surface area contributed by atoms with E-state index in [0.29, 0.717) is 26.4 Å². The molecule has 1 aliphatic rings. The SMILES string of the molecule is COc1cccn(CC(=O)N(C)CC2COCCO2)c1=O. The summed E-state index contributed by atoms with van der Waals surface area (Å²) >= 11 is 0. The molecule has 21 heavy (non-hydrogen) atoms. The van der Waals surface area contributed by atoms with Crippen molar-refractivity contribution in [2.75, 3.05) is 40.5 Å². The van der Waals surface area contributed by atoms with Gasteiger partial charge in [-0.15, -0.1) is 0 Å². The number of ether oxygens (including phenoxy) is 3. The molecule has 2 heterocycles. The highest BCUT2D eigenvalue weighted by atomic mass is 16.6. The molecule has 0 saturated carbocycles. The topological polar surface area (TPSA) is 70.0 Å². The van der Waals surface area contributed by atoms with Gasteiger partial charge in [-0.2, -0.15) is 0 Å². The quantitative estimate of drug-likeness (QED) is 0.748. The second-order valence-electron chi connectivity index (χ2n) is 4.85. The standard InChI is InChI=1S/C14H20N2O5/c1-15(8-11-10-20-6-7-21-11)13(17)9-16-5-3-4-12(19-2)14(16)18/h3-5,11H,6-10H2,1-2H3. The third kappa shape index (κ3) is 4.05. The predicted molar refractivity (Wildman–Crippen MR) is 75.5 cm³/mol. The third-order valence-electron chi connectivity index (χ3n) is 3.30. The van der Waals surface area contributed by atoms with Gasteiger partial charge >= 0.3 is 0 Å². The van der Waals surface area contributed by atoms with Crippen molar-refractivity contribution in [1.82, 2.24) is 9.47 Å². The summed E-state index contributed by atoms with van der Waals surface area (Å²) in [5.41, 5.74) is -0.320. The van der Waals surface area contributed by atoms with Crippen molar-refractivity contribution in [3.63, 3.8) is 0 Å². The van der Waals surface area contributed by atoms with Crippen molar-refractivity contribution in [3.8, 4) is 5.75 Å². The fourth-order valence-electron chi connectivity index (χ4n) is 2.11. The largest absolute Gasteiger partial charge is 0.491 e. The molecule has 7 nitrogen and oxygen atoms in total. The van der Waals surface area contributed by atoms with E-state index in [9.17, 15) is 9.59 Å². The van der Waals surface area contributed by atoms with Gasteiger partial charge in [0.15, 0.2) is 5.75 Å². The highest BCUT2D eigenvalue weighted by Crippen LogP contribution is 2.04. The molecule has 0 spiro atoms. The number of aromatic nitrogens is 1. The second-order valence-corrected chi connectivity index (χ2v) is 4.85. The molecule has 116 valence electrons. The zero-order chi connectivity index (χ0) is 15.2. The van der Waals surface area contributed by atoms with Gasteiger partial charge in [-0.05, 0) is 12.1 Å². The summed E-state index contributed by atoms with van der Waals surface area (Å²) in [6.07, 6.45) is 1.45. The van der Waals surface area contributed by atoms with E-state index >= 15 is 0 Å². The first-order valence-corrected chi connectivity index (χ1v) is 6.78. The van der Waals surface area contributed by atoms with E-state index in [1.165, 1.54) is 11.7 Å². The van der Waals surface area contributed by atoms with E-state index in [-0.39, 0.29) is 29.9 Å². The highest BCUT2D eigenvalue weighted by Gasteiger charge is 2.19. The first kappa shape index (κ1) is 15.5. The van der Waals surface area contributed by atoms with Crippen LogP contribution >= 0.6 is 0 Å². The zero-order valence-electron chi connectivity index (χ0n) is 12.3. The fraction of sp³-hybridized carbons (Fsp3) is 0.571. The summed E-state index contributed by atoms with van der Waals surface area (Å²) in [5.74, 6) is 0.0523. The van der Waals surface area contributed by atoms with Crippen LogP contribution in [0.4, 0.5) is 0 Å². The predicted octanol–water partition coefficient (Wildman–Crippen LogP) is -0.269. The molecule has 1 aromatic heterocycles. The minimum atomic E-state index is -0.320. The van der Waals surface area contributed by atoms with Crippen LogP contribution in [0.5, 0.6) is 5.75 Å². The van der Waals surface area contributed by atoms with Gasteiger partial charge < -0.3 is 23.7 Å². The molecule has 1 amide bonds. The highest BCUT2D eigenvalue weighted by molar-refractivity contribution is 5.75. The van der Waals surface area contributed by atoms with Gasteiger partial charge in [0.25, 0.3) is 5.56 Å². The minimum Gasteiger partial charge on any atom is -0.491 e. The van der Waals surface area contributed by atoms with Crippen LogP contribution in [0.25, 0.3) is 0 Å². The van der Waals surface area contributed by atoms with Gasteiger partial charge in [0.1, 0.15) is 6.54 Å². The van der Waals surface area contributed by atoms with Crippen molar-refractivity contribution in [1.29, 1.82) is 0 Å². The van der Waals surface area contributed by atoms with E-state index in [4.69, 9.17) is 14.2 Å². The summed E-state index contributed by atoms with van der Waals surface area (Å²) < 4.78 is 17.1. The van der Waals surface area contributed by atoms with Gasteiger partial charge in [0.05, 0.1) is 33.0 Å². The van der Waals surface area contributed by atoms with Crippen LogP contribution in [0.1, 0.15) is 0 Å². The van der Waals surface area contributed by atoms with E-state index in [1.54, 1.807) is 30.3 Å². The molecule has 1 atom stereocenters. The molecule has 1 saturated heterocycles. The van der Waals surface area contributed by atoms with Crippen LogP contribution in [-0.4, -0.2) is 62.0 Å². The Hall–Kier alpha value is -1.86. The Bertz CT molecular complexity index is 536. The number of hydrogen-bond acceptors (Lipinski definition) is 5. The maximum absolute atomic E-state index is 12.2. The molecular weight excluding hydrogens is 276 g/mol. The molecule has 1 aliphatic heterocycles. The van der Waals surface area contributed by atoms with Crippen LogP contribution in [-0.2, 0) is 20.8 Å². The average Bonchev–Trinajstić information content (AvgIpc) is 2.50. The number of likely N-dealkylation sites (N-methyl/N-ethyl adjacent to an activating group) is 1. The van der Waals surface area contributed by atoms with Gasteiger partial charge in [-0.25, -0.2) is 0 Å². The maximum atomic E-state index is 12.2. The second kappa shape index (κ2) is 7.24. The number of amides is 1. The van der Waals surface area contributed by atoms with Crippen molar-refractivity contribution in [2.24, 2.45) is 0 Å². The normalized spacial score (nSPS) is 18.3. The lowest BCUT2D eigenvalue weighted by Crippen LogP contribution is -2.42. The van der Waals surface area contributed by atoms with E-state index < -0.39 is 0 Å². The van der Waals surface area contributed by atoms with E-state index in [0.717, 1.165) is 0 Å². The number of carbonyl (C=O) groups is 1. The van der Waals surface area contributed by atoms with Crippen LogP contribution in [0, 0.1) is 0 Å². The Kier molecular flexibility index (Phi) is 5.35. The van der Waals surface area contributed by atoms with Crippen molar-refractivity contribution in [3.05, 3.63) is 28.7 Å². The molecular formula is C14H20N2O5. The Labute approximate surface area is 123 Å². The van der Waals surface area contributed by atoms with Crippen molar-refractivity contribution in [2.45, 2.75) is 12.6 Å². The van der Waals surface area contributed by atoms with E-state index in [2.05, 4.69) is 0 Å². The number of pyridine rings is 1. The summed E-state index contributed by atoms with van der Waals surface area (Å²) in [5, 5.41) is 0. The van der Waals surface area contributed by atoms with Crippen LogP contribution in [0.3, 0.4) is 0 Å². The molecule has 0 bridgehead atoms. The third-order valence-corrected chi connectivity index (χ3v) is 3.30. The average molecular weight is 296 g/mol. The number of methoxy groups -OCH3 is 1. The summed E-state index contributed by atoms with van der Waals surface area (Å²) in [6, 6.07) is 3.24. The summed E-state index contributed by atoms with van der Waals surface area (Å²) in [6.45, 7) is 2.03. The molecule has 0 aromatic carbocycles. The Morgan fingerprint density at radius 3 is 3.00 bits per heavy atom. The number of nitrogens with zero attached hydrogens (tertiary/aromatic N) is 2. The van der Waals surface area contributed by atoms with Crippen LogP contribution in [0.2, 0.25) is 0 Å². The monoisotopic (exact) mass is 296 g/mol. The Balaban J connectivity index is 1.95. The number of rotatable bonds is 5. The van der Waals surface area contributed by atoms with Gasteiger partial charge in [0, 0.05) is 19.8 Å². The smallest absolute Gasteiger partial charge is 0.293 e. The zero-order valence-corrected chi connectivity index (χ0v) is 12.3. The lowest BCUT2D eigenvalue weighted by Gasteiger charge is -2.27. The fourth-order valence-corrected chi connectivity index (χ4v) is 2.11. The van der Waals surface area contributed by atoms with Crippen molar-refractivity contribution >= 4 is 5.91 Å². The molecule has 1 unspecified atom stereocenters. The molecule has 0 aliphatic carbocycles. The summed E-state index contributed by atoms with van der Waals surface area (Å²) in [7, 11) is 3.11. The molecule has 0 N–H and O–H groups in total. The first-order valence-electron chi connectivity index (χ1n) is 6.78. The lowest BCUT2D eigenvalue weighted by atomic mass is 10.3. The lowest BCUT2D eigenvalue weighted by molar-refractivity contribution is -0.136. The number of carbonyl (C=O) groups excluding carboxylic acids is 1. The van der Waals surface area contributed by atoms with Crippen LogP contribution < -0.4 is 10.3 Å². The molecule has 0 radical (unpaired) electrons. The van der Waals surface area contributed by atoms with Crippen LogP contribution in [0.15, 0.2) is 23.1 Å². The van der Waals surface area contributed by atoms with Crippen molar-refractivity contribution < 1.29 is 19.0 Å². The molecule has 1 aromatic rings. The molecule has 1 fully saturated rings.